The van der Waals surface area contributed by atoms with Gasteiger partial charge in [0, 0.05) is 22.4 Å². The third-order valence-electron chi connectivity index (χ3n) is 4.47. The van der Waals surface area contributed by atoms with Crippen LogP contribution in [0.5, 0.6) is 0 Å². The van der Waals surface area contributed by atoms with Gasteiger partial charge in [-0.3, -0.25) is 0 Å². The van der Waals surface area contributed by atoms with E-state index >= 15 is 0 Å². The predicted molar refractivity (Wildman–Crippen MR) is 107 cm³/mol. The monoisotopic (exact) mass is 388 g/mol. The SMILES string of the molecule is CC(CCc1ccc(Cl)cc1)(Cn1ccnc1)OCc1ccccc1Cl. The molecule has 0 aliphatic rings. The molecule has 1 aromatic heterocycles. The average Bonchev–Trinajstić information content (AvgIpc) is 3.13. The van der Waals surface area contributed by atoms with Crippen molar-refractivity contribution < 1.29 is 4.74 Å². The highest BCUT2D eigenvalue weighted by Gasteiger charge is 2.26. The van der Waals surface area contributed by atoms with Crippen molar-refractivity contribution in [2.75, 3.05) is 0 Å². The molecule has 2 aromatic carbocycles. The molecule has 0 spiro atoms. The van der Waals surface area contributed by atoms with Crippen LogP contribution in [0.2, 0.25) is 10.0 Å². The zero-order chi connectivity index (χ0) is 18.4. The molecule has 0 fully saturated rings. The van der Waals surface area contributed by atoms with Crippen molar-refractivity contribution in [2.24, 2.45) is 0 Å². The maximum Gasteiger partial charge on any atom is 0.0946 e. The fourth-order valence-electron chi connectivity index (χ4n) is 2.89. The van der Waals surface area contributed by atoms with Crippen LogP contribution in [0.3, 0.4) is 0 Å². The topological polar surface area (TPSA) is 27.1 Å². The number of ether oxygens (including phenoxy) is 1. The van der Waals surface area contributed by atoms with Crippen molar-refractivity contribution in [1.82, 2.24) is 9.55 Å². The van der Waals surface area contributed by atoms with Crippen LogP contribution >= 0.6 is 23.2 Å². The molecule has 0 amide bonds. The number of imidazole rings is 1. The number of rotatable bonds is 8. The highest BCUT2D eigenvalue weighted by Crippen LogP contribution is 2.25. The lowest BCUT2D eigenvalue weighted by molar-refractivity contribution is -0.0602. The lowest BCUT2D eigenvalue weighted by Crippen LogP contribution is -2.34. The molecule has 3 aromatic rings. The van der Waals surface area contributed by atoms with Gasteiger partial charge in [-0.25, -0.2) is 4.98 Å². The van der Waals surface area contributed by atoms with E-state index in [1.165, 1.54) is 5.56 Å². The molecule has 0 saturated heterocycles. The molecule has 136 valence electrons. The van der Waals surface area contributed by atoms with Crippen molar-refractivity contribution >= 4 is 23.2 Å². The van der Waals surface area contributed by atoms with E-state index in [0.29, 0.717) is 6.61 Å². The number of hydrogen-bond acceptors (Lipinski definition) is 2. The molecule has 0 radical (unpaired) electrons. The zero-order valence-electron chi connectivity index (χ0n) is 14.7. The normalized spacial score (nSPS) is 13.5. The molecule has 3 rings (SSSR count). The lowest BCUT2D eigenvalue weighted by atomic mass is 9.96. The Morgan fingerprint density at radius 2 is 1.85 bits per heavy atom. The summed E-state index contributed by atoms with van der Waals surface area (Å²) >= 11 is 12.3. The van der Waals surface area contributed by atoms with Crippen molar-refractivity contribution in [3.05, 3.63) is 88.4 Å². The third kappa shape index (κ3) is 5.34. The van der Waals surface area contributed by atoms with Gasteiger partial charge in [0.05, 0.1) is 25.1 Å². The highest BCUT2D eigenvalue weighted by molar-refractivity contribution is 6.31. The maximum atomic E-state index is 6.36. The standard InChI is InChI=1S/C21H22Cl2N2O/c1-21(15-25-13-12-24-16-25,11-10-17-6-8-19(22)9-7-17)26-14-18-4-2-3-5-20(18)23/h2-9,12-13,16H,10-11,14-15H2,1H3. The summed E-state index contributed by atoms with van der Waals surface area (Å²) in [6.07, 6.45) is 7.34. The van der Waals surface area contributed by atoms with Crippen molar-refractivity contribution in [1.29, 1.82) is 0 Å². The minimum Gasteiger partial charge on any atom is -0.369 e. The fourth-order valence-corrected chi connectivity index (χ4v) is 3.21. The minimum atomic E-state index is -0.348. The summed E-state index contributed by atoms with van der Waals surface area (Å²) in [5.74, 6) is 0. The van der Waals surface area contributed by atoms with Crippen LogP contribution in [-0.4, -0.2) is 15.2 Å². The van der Waals surface area contributed by atoms with Crippen LogP contribution in [0, 0.1) is 0 Å². The predicted octanol–water partition coefficient (Wildman–Crippen LogP) is 5.80. The van der Waals surface area contributed by atoms with Gasteiger partial charge in [-0.15, -0.1) is 0 Å². The van der Waals surface area contributed by atoms with E-state index < -0.39 is 0 Å². The van der Waals surface area contributed by atoms with Crippen molar-refractivity contribution in [3.63, 3.8) is 0 Å². The van der Waals surface area contributed by atoms with Crippen LogP contribution in [0.25, 0.3) is 0 Å². The number of benzene rings is 2. The van der Waals surface area contributed by atoms with Crippen molar-refractivity contribution in [3.8, 4) is 0 Å². The lowest BCUT2D eigenvalue weighted by Gasteiger charge is -2.31. The fraction of sp³-hybridized carbons (Fsp3) is 0.286. The first-order valence-corrected chi connectivity index (χ1v) is 9.37. The first kappa shape index (κ1) is 19.0. The van der Waals surface area contributed by atoms with Crippen LogP contribution < -0.4 is 0 Å². The van der Waals surface area contributed by atoms with Gasteiger partial charge in [-0.1, -0.05) is 53.5 Å². The summed E-state index contributed by atoms with van der Waals surface area (Å²) in [7, 11) is 0. The summed E-state index contributed by atoms with van der Waals surface area (Å²) in [6, 6.07) is 15.8. The molecule has 1 unspecified atom stereocenters. The summed E-state index contributed by atoms with van der Waals surface area (Å²) in [5, 5.41) is 1.49. The van der Waals surface area contributed by atoms with E-state index in [1.54, 1.807) is 6.20 Å². The highest BCUT2D eigenvalue weighted by atomic mass is 35.5. The molecule has 0 saturated carbocycles. The van der Waals surface area contributed by atoms with E-state index in [1.807, 2.05) is 48.9 Å². The summed E-state index contributed by atoms with van der Waals surface area (Å²) < 4.78 is 8.41. The van der Waals surface area contributed by atoms with Crippen LogP contribution in [-0.2, 0) is 24.3 Å². The molecule has 26 heavy (non-hydrogen) atoms. The number of nitrogens with zero attached hydrogens (tertiary/aromatic N) is 2. The Labute approximate surface area is 164 Å². The second kappa shape index (κ2) is 8.72. The number of halogens is 2. The first-order chi connectivity index (χ1) is 12.5. The minimum absolute atomic E-state index is 0.348. The quantitative estimate of drug-likeness (QED) is 0.487. The first-order valence-electron chi connectivity index (χ1n) is 8.62. The average molecular weight is 389 g/mol. The molecule has 1 heterocycles. The van der Waals surface area contributed by atoms with Gasteiger partial charge in [0.1, 0.15) is 0 Å². The van der Waals surface area contributed by atoms with E-state index in [0.717, 1.165) is 35.0 Å². The Kier molecular flexibility index (Phi) is 6.36. The molecule has 1 atom stereocenters. The second-order valence-electron chi connectivity index (χ2n) is 6.69. The molecule has 0 bridgehead atoms. The molecular formula is C21H22Cl2N2O. The Morgan fingerprint density at radius 3 is 2.54 bits per heavy atom. The van der Waals surface area contributed by atoms with Gasteiger partial charge >= 0.3 is 0 Å². The van der Waals surface area contributed by atoms with E-state index in [-0.39, 0.29) is 5.60 Å². The van der Waals surface area contributed by atoms with Gasteiger partial charge in [0.15, 0.2) is 0 Å². The molecule has 0 N–H and O–H groups in total. The third-order valence-corrected chi connectivity index (χ3v) is 5.09. The number of aromatic nitrogens is 2. The number of aryl methyl sites for hydroxylation is 1. The van der Waals surface area contributed by atoms with Crippen LogP contribution in [0.15, 0.2) is 67.3 Å². The Morgan fingerprint density at radius 1 is 1.08 bits per heavy atom. The Bertz CT molecular complexity index is 818. The molecular weight excluding hydrogens is 367 g/mol. The van der Waals surface area contributed by atoms with Gasteiger partial charge in [0.2, 0.25) is 0 Å². The van der Waals surface area contributed by atoms with E-state index in [9.17, 15) is 0 Å². The summed E-state index contributed by atoms with van der Waals surface area (Å²) in [4.78, 5) is 4.14. The molecule has 5 heteroatoms. The molecule has 3 nitrogen and oxygen atoms in total. The Balaban J connectivity index is 1.70. The molecule has 0 aliphatic carbocycles. The zero-order valence-corrected chi connectivity index (χ0v) is 16.2. The Hall–Kier alpha value is -1.81. The van der Waals surface area contributed by atoms with Crippen LogP contribution in [0.4, 0.5) is 0 Å². The van der Waals surface area contributed by atoms with Gasteiger partial charge < -0.3 is 9.30 Å². The second-order valence-corrected chi connectivity index (χ2v) is 7.54. The maximum absolute atomic E-state index is 6.36. The smallest absolute Gasteiger partial charge is 0.0946 e. The van der Waals surface area contributed by atoms with Gasteiger partial charge in [-0.2, -0.15) is 0 Å². The molecule has 0 aliphatic heterocycles. The number of hydrogen-bond donors (Lipinski definition) is 0. The summed E-state index contributed by atoms with van der Waals surface area (Å²) in [6.45, 7) is 3.34. The van der Waals surface area contributed by atoms with Gasteiger partial charge in [-0.05, 0) is 49.1 Å². The van der Waals surface area contributed by atoms with Crippen LogP contribution in [0.1, 0.15) is 24.5 Å². The van der Waals surface area contributed by atoms with Crippen molar-refractivity contribution in [2.45, 2.75) is 38.5 Å². The van der Waals surface area contributed by atoms with E-state index in [2.05, 4.69) is 28.6 Å². The summed E-state index contributed by atoms with van der Waals surface area (Å²) in [5.41, 5.74) is 1.89. The van der Waals surface area contributed by atoms with E-state index in [4.69, 9.17) is 27.9 Å². The van der Waals surface area contributed by atoms with Gasteiger partial charge in [0.25, 0.3) is 0 Å². The largest absolute Gasteiger partial charge is 0.369 e.